The summed E-state index contributed by atoms with van der Waals surface area (Å²) in [6.07, 6.45) is 3.77. The van der Waals surface area contributed by atoms with E-state index >= 15 is 0 Å². The molecule has 0 N–H and O–H groups in total. The maximum Gasteiger partial charge on any atom is 0.341 e. The lowest BCUT2D eigenvalue weighted by Gasteiger charge is -2.19. The second-order valence-electron chi connectivity index (χ2n) is 4.88. The van der Waals surface area contributed by atoms with Crippen LogP contribution in [0.4, 0.5) is 13.2 Å². The molecule has 5 heteroatoms. The minimum atomic E-state index is -1.65. The highest BCUT2D eigenvalue weighted by Crippen LogP contribution is 2.29. The van der Waals surface area contributed by atoms with Crippen LogP contribution in [0.5, 0.6) is 0 Å². The van der Waals surface area contributed by atoms with E-state index in [4.69, 9.17) is 4.74 Å². The second-order valence-corrected chi connectivity index (χ2v) is 4.88. The number of hydrogen-bond donors (Lipinski definition) is 0. The largest absolute Gasteiger partial charge is 0.459 e. The minimum Gasteiger partial charge on any atom is -0.459 e. The van der Waals surface area contributed by atoms with Crippen LogP contribution < -0.4 is 0 Å². The first-order valence-corrected chi connectivity index (χ1v) is 6.35. The standard InChI is InChI=1S/C14H15F3O2/c1-8(9-4-2-3-5-9)19-14(18)10-6-7-11(15)13(17)12(10)16/h6-9H,2-5H2,1H3. The van der Waals surface area contributed by atoms with Crippen molar-refractivity contribution in [3.05, 3.63) is 35.1 Å². The lowest BCUT2D eigenvalue weighted by atomic mass is 10.0. The van der Waals surface area contributed by atoms with Crippen molar-refractivity contribution in [3.63, 3.8) is 0 Å². The summed E-state index contributed by atoms with van der Waals surface area (Å²) in [6, 6.07) is 1.62. The molecule has 0 spiro atoms. The van der Waals surface area contributed by atoms with Crippen LogP contribution in [0.3, 0.4) is 0 Å². The van der Waals surface area contributed by atoms with E-state index in [-0.39, 0.29) is 12.0 Å². The zero-order valence-corrected chi connectivity index (χ0v) is 10.6. The molecule has 0 radical (unpaired) electrons. The van der Waals surface area contributed by atoms with Crippen LogP contribution in [0.2, 0.25) is 0 Å². The molecular formula is C14H15F3O2. The van der Waals surface area contributed by atoms with Gasteiger partial charge in [0.15, 0.2) is 17.5 Å². The van der Waals surface area contributed by atoms with Gasteiger partial charge in [0.1, 0.15) is 6.10 Å². The Morgan fingerprint density at radius 3 is 2.47 bits per heavy atom. The van der Waals surface area contributed by atoms with Crippen LogP contribution in [-0.2, 0) is 4.74 Å². The summed E-state index contributed by atoms with van der Waals surface area (Å²) < 4.78 is 44.3. The van der Waals surface area contributed by atoms with E-state index in [2.05, 4.69) is 0 Å². The van der Waals surface area contributed by atoms with Crippen LogP contribution >= 0.6 is 0 Å². The van der Waals surface area contributed by atoms with Crippen molar-refractivity contribution in [2.75, 3.05) is 0 Å². The third-order valence-corrected chi connectivity index (χ3v) is 3.61. The fourth-order valence-corrected chi connectivity index (χ4v) is 2.44. The van der Waals surface area contributed by atoms with Gasteiger partial charge in [-0.15, -0.1) is 0 Å². The Balaban J connectivity index is 2.09. The molecule has 104 valence electrons. The molecule has 0 aliphatic heterocycles. The van der Waals surface area contributed by atoms with Crippen LogP contribution in [0.15, 0.2) is 12.1 Å². The highest BCUT2D eigenvalue weighted by Gasteiger charge is 2.27. The molecule has 1 saturated carbocycles. The lowest BCUT2D eigenvalue weighted by molar-refractivity contribution is 0.0197. The van der Waals surface area contributed by atoms with E-state index in [9.17, 15) is 18.0 Å². The molecule has 2 nitrogen and oxygen atoms in total. The van der Waals surface area contributed by atoms with Crippen molar-refractivity contribution in [2.24, 2.45) is 5.92 Å². The number of benzene rings is 1. The van der Waals surface area contributed by atoms with Crippen molar-refractivity contribution >= 4 is 5.97 Å². The van der Waals surface area contributed by atoms with Crippen LogP contribution in [0.25, 0.3) is 0 Å². The van der Waals surface area contributed by atoms with Gasteiger partial charge in [-0.2, -0.15) is 0 Å². The summed E-state index contributed by atoms with van der Waals surface area (Å²) in [7, 11) is 0. The van der Waals surface area contributed by atoms with Crippen molar-refractivity contribution in [3.8, 4) is 0 Å². The minimum absolute atomic E-state index is 0.261. The Morgan fingerprint density at radius 2 is 1.84 bits per heavy atom. The zero-order valence-electron chi connectivity index (χ0n) is 10.6. The molecule has 1 aliphatic carbocycles. The van der Waals surface area contributed by atoms with Gasteiger partial charge in [0, 0.05) is 0 Å². The van der Waals surface area contributed by atoms with Gasteiger partial charge in [-0.05, 0) is 37.8 Å². The van der Waals surface area contributed by atoms with Gasteiger partial charge in [0.05, 0.1) is 5.56 Å². The van der Waals surface area contributed by atoms with E-state index in [0.717, 1.165) is 37.8 Å². The van der Waals surface area contributed by atoms with Crippen molar-refractivity contribution < 1.29 is 22.7 Å². The zero-order chi connectivity index (χ0) is 14.0. The van der Waals surface area contributed by atoms with Crippen molar-refractivity contribution in [2.45, 2.75) is 38.7 Å². The molecule has 19 heavy (non-hydrogen) atoms. The molecule has 1 atom stereocenters. The summed E-state index contributed by atoms with van der Waals surface area (Å²) in [5, 5.41) is 0. The summed E-state index contributed by atoms with van der Waals surface area (Å²) in [5.41, 5.74) is -0.566. The first-order valence-electron chi connectivity index (χ1n) is 6.35. The number of hydrogen-bond acceptors (Lipinski definition) is 2. The lowest BCUT2D eigenvalue weighted by Crippen LogP contribution is -2.23. The predicted molar refractivity (Wildman–Crippen MR) is 63.2 cm³/mol. The number of halogens is 3. The predicted octanol–water partition coefficient (Wildman–Crippen LogP) is 3.84. The molecule has 2 rings (SSSR count). The van der Waals surface area contributed by atoms with E-state index in [1.165, 1.54) is 0 Å². The Hall–Kier alpha value is -1.52. The molecule has 0 saturated heterocycles. The molecule has 0 aromatic heterocycles. The van der Waals surface area contributed by atoms with Gasteiger partial charge in [0.2, 0.25) is 0 Å². The number of rotatable bonds is 3. The molecule has 1 aromatic carbocycles. The van der Waals surface area contributed by atoms with Gasteiger partial charge >= 0.3 is 5.97 Å². The van der Waals surface area contributed by atoms with Crippen LogP contribution in [-0.4, -0.2) is 12.1 Å². The normalized spacial score (nSPS) is 17.5. The smallest absolute Gasteiger partial charge is 0.341 e. The molecule has 0 amide bonds. The summed E-state index contributed by atoms with van der Waals surface area (Å²) >= 11 is 0. The Labute approximate surface area is 109 Å². The molecular weight excluding hydrogens is 257 g/mol. The first kappa shape index (κ1) is 13.9. The third-order valence-electron chi connectivity index (χ3n) is 3.61. The Morgan fingerprint density at radius 1 is 1.21 bits per heavy atom. The monoisotopic (exact) mass is 272 g/mol. The fraction of sp³-hybridized carbons (Fsp3) is 0.500. The number of carbonyl (C=O) groups excluding carboxylic acids is 1. The average Bonchev–Trinajstić information content (AvgIpc) is 2.89. The number of esters is 1. The Kier molecular flexibility index (Phi) is 4.12. The van der Waals surface area contributed by atoms with Crippen molar-refractivity contribution in [1.82, 2.24) is 0 Å². The van der Waals surface area contributed by atoms with Gasteiger partial charge < -0.3 is 4.74 Å². The van der Waals surface area contributed by atoms with E-state index < -0.39 is 29.0 Å². The van der Waals surface area contributed by atoms with E-state index in [1.54, 1.807) is 6.92 Å². The van der Waals surface area contributed by atoms with Gasteiger partial charge in [-0.25, -0.2) is 18.0 Å². The van der Waals surface area contributed by atoms with Crippen LogP contribution in [0.1, 0.15) is 43.0 Å². The second kappa shape index (κ2) is 5.63. The van der Waals surface area contributed by atoms with Gasteiger partial charge in [0.25, 0.3) is 0 Å². The fourth-order valence-electron chi connectivity index (χ4n) is 2.44. The van der Waals surface area contributed by atoms with Crippen molar-refractivity contribution in [1.29, 1.82) is 0 Å². The van der Waals surface area contributed by atoms with E-state index in [0.29, 0.717) is 0 Å². The highest BCUT2D eigenvalue weighted by molar-refractivity contribution is 5.89. The highest BCUT2D eigenvalue weighted by atomic mass is 19.2. The SMILES string of the molecule is CC(OC(=O)c1ccc(F)c(F)c1F)C1CCCC1. The topological polar surface area (TPSA) is 26.3 Å². The van der Waals surface area contributed by atoms with Gasteiger partial charge in [-0.1, -0.05) is 12.8 Å². The van der Waals surface area contributed by atoms with E-state index in [1.807, 2.05) is 0 Å². The van der Waals surface area contributed by atoms with Gasteiger partial charge in [-0.3, -0.25) is 0 Å². The Bertz CT molecular complexity index is 482. The summed E-state index contributed by atoms with van der Waals surface area (Å²) in [6.45, 7) is 1.74. The number of carbonyl (C=O) groups is 1. The maximum absolute atomic E-state index is 13.4. The number of ether oxygens (including phenoxy) is 1. The first-order chi connectivity index (χ1) is 9.00. The molecule has 1 aliphatic rings. The quantitative estimate of drug-likeness (QED) is 0.617. The maximum atomic E-state index is 13.4. The third kappa shape index (κ3) is 2.91. The molecule has 0 bridgehead atoms. The summed E-state index contributed by atoms with van der Waals surface area (Å²) in [5.74, 6) is -5.16. The molecule has 1 unspecified atom stereocenters. The average molecular weight is 272 g/mol. The molecule has 1 aromatic rings. The summed E-state index contributed by atoms with van der Waals surface area (Å²) in [4.78, 5) is 11.7. The molecule has 0 heterocycles. The van der Waals surface area contributed by atoms with Crippen LogP contribution in [0, 0.1) is 23.4 Å². The molecule has 1 fully saturated rings.